The molecule has 0 aromatic heterocycles. The van der Waals surface area contributed by atoms with E-state index in [1.807, 2.05) is 4.90 Å². The van der Waals surface area contributed by atoms with Crippen molar-refractivity contribution in [2.75, 3.05) is 13.1 Å². The van der Waals surface area contributed by atoms with Gasteiger partial charge in [0, 0.05) is 19.2 Å². The Kier molecular flexibility index (Phi) is 1.98. The third kappa shape index (κ3) is 1.37. The third-order valence-electron chi connectivity index (χ3n) is 1.63. The molecule has 1 saturated heterocycles. The van der Waals surface area contributed by atoms with E-state index in [0.717, 1.165) is 13.1 Å². The van der Waals surface area contributed by atoms with Gasteiger partial charge in [-0.15, -0.1) is 0 Å². The largest absolute Gasteiger partial charge is 0.494 e. The van der Waals surface area contributed by atoms with Crippen molar-refractivity contribution in [2.45, 2.75) is 19.8 Å². The molecule has 1 heterocycles. The van der Waals surface area contributed by atoms with Gasteiger partial charge in [0.05, 0.1) is 0 Å². The number of allylic oxidation sites excluding steroid dienone is 1. The standard InChI is InChI=1S/C7H12NO/c1-2-7(9)8-5-3-4-6-8/h9H,3-6H2,1H3. The molecular weight excluding hydrogens is 114 g/mol. The molecule has 0 aromatic carbocycles. The van der Waals surface area contributed by atoms with Gasteiger partial charge in [-0.3, -0.25) is 0 Å². The maximum Gasteiger partial charge on any atom is 0.190 e. The number of hydrogen-bond acceptors (Lipinski definition) is 2. The third-order valence-corrected chi connectivity index (χ3v) is 1.63. The van der Waals surface area contributed by atoms with Crippen molar-refractivity contribution < 1.29 is 5.11 Å². The van der Waals surface area contributed by atoms with Gasteiger partial charge in [0.15, 0.2) is 5.88 Å². The van der Waals surface area contributed by atoms with Crippen LogP contribution in [0.15, 0.2) is 5.88 Å². The minimum absolute atomic E-state index is 0.313. The van der Waals surface area contributed by atoms with Crippen molar-refractivity contribution in [1.82, 2.24) is 4.90 Å². The van der Waals surface area contributed by atoms with E-state index in [4.69, 9.17) is 5.11 Å². The molecule has 2 heteroatoms. The first-order valence-electron chi connectivity index (χ1n) is 3.33. The van der Waals surface area contributed by atoms with Gasteiger partial charge in [0.2, 0.25) is 0 Å². The second-order valence-electron chi connectivity index (χ2n) is 2.27. The smallest absolute Gasteiger partial charge is 0.190 e. The molecule has 51 valence electrons. The van der Waals surface area contributed by atoms with Crippen molar-refractivity contribution in [1.29, 1.82) is 0 Å². The molecule has 9 heavy (non-hydrogen) atoms. The molecule has 1 aliphatic heterocycles. The van der Waals surface area contributed by atoms with Crippen LogP contribution in [0.2, 0.25) is 0 Å². The van der Waals surface area contributed by atoms with Crippen LogP contribution in [0.5, 0.6) is 0 Å². The van der Waals surface area contributed by atoms with E-state index in [-0.39, 0.29) is 0 Å². The molecular formula is C7H12NO. The van der Waals surface area contributed by atoms with Crippen molar-refractivity contribution >= 4 is 0 Å². The Bertz CT molecular complexity index is 114. The molecule has 1 rings (SSSR count). The molecule has 1 N–H and O–H groups in total. The van der Waals surface area contributed by atoms with Crippen LogP contribution in [0.1, 0.15) is 19.8 Å². The second kappa shape index (κ2) is 2.76. The van der Waals surface area contributed by atoms with Crippen LogP contribution in [0, 0.1) is 6.08 Å². The first-order valence-corrected chi connectivity index (χ1v) is 3.33. The lowest BCUT2D eigenvalue weighted by Crippen LogP contribution is -2.17. The van der Waals surface area contributed by atoms with Crippen LogP contribution in [-0.2, 0) is 0 Å². The number of aliphatic hydroxyl groups excluding tert-OH is 1. The highest BCUT2D eigenvalue weighted by atomic mass is 16.3. The van der Waals surface area contributed by atoms with Gasteiger partial charge in [-0.2, -0.15) is 0 Å². The van der Waals surface area contributed by atoms with Crippen molar-refractivity contribution in [3.8, 4) is 0 Å². The summed E-state index contributed by atoms with van der Waals surface area (Å²) in [7, 11) is 0. The molecule has 0 amide bonds. The van der Waals surface area contributed by atoms with Gasteiger partial charge in [-0.05, 0) is 19.8 Å². The summed E-state index contributed by atoms with van der Waals surface area (Å²) < 4.78 is 0. The Balaban J connectivity index is 2.42. The van der Waals surface area contributed by atoms with Gasteiger partial charge in [0.25, 0.3) is 0 Å². The van der Waals surface area contributed by atoms with E-state index in [2.05, 4.69) is 6.08 Å². The molecule has 0 saturated carbocycles. The van der Waals surface area contributed by atoms with Crippen LogP contribution in [0.4, 0.5) is 0 Å². The Morgan fingerprint density at radius 3 is 2.44 bits per heavy atom. The van der Waals surface area contributed by atoms with Gasteiger partial charge in [0.1, 0.15) is 0 Å². The lowest BCUT2D eigenvalue weighted by Gasteiger charge is -2.14. The molecule has 0 unspecified atom stereocenters. The summed E-state index contributed by atoms with van der Waals surface area (Å²) in [5, 5.41) is 9.09. The zero-order valence-electron chi connectivity index (χ0n) is 5.72. The van der Waals surface area contributed by atoms with Crippen molar-refractivity contribution in [3.63, 3.8) is 0 Å². The fraction of sp³-hybridized carbons (Fsp3) is 0.714. The fourth-order valence-electron chi connectivity index (χ4n) is 1.09. The number of likely N-dealkylation sites (tertiary alicyclic amines) is 1. The van der Waals surface area contributed by atoms with Gasteiger partial charge in [-0.25, -0.2) is 0 Å². The maximum absolute atomic E-state index is 9.09. The molecule has 0 aliphatic carbocycles. The first-order chi connectivity index (χ1) is 4.34. The monoisotopic (exact) mass is 126 g/mol. The van der Waals surface area contributed by atoms with Crippen molar-refractivity contribution in [2.24, 2.45) is 0 Å². The predicted molar refractivity (Wildman–Crippen MR) is 35.9 cm³/mol. The summed E-state index contributed by atoms with van der Waals surface area (Å²) in [5.41, 5.74) is 0. The average Bonchev–Trinajstić information content (AvgIpc) is 2.37. The molecule has 1 aliphatic rings. The van der Waals surface area contributed by atoms with Crippen LogP contribution in [-0.4, -0.2) is 23.1 Å². The quantitative estimate of drug-likeness (QED) is 0.535. The van der Waals surface area contributed by atoms with Crippen LogP contribution < -0.4 is 0 Å². The minimum Gasteiger partial charge on any atom is -0.494 e. The number of aliphatic hydroxyl groups is 1. The highest BCUT2D eigenvalue weighted by molar-refractivity contribution is 4.85. The number of rotatable bonds is 1. The number of nitrogens with zero attached hydrogens (tertiary/aromatic N) is 1. The average molecular weight is 126 g/mol. The van der Waals surface area contributed by atoms with Gasteiger partial charge in [-0.1, -0.05) is 0 Å². The highest BCUT2D eigenvalue weighted by Crippen LogP contribution is 2.11. The molecule has 1 fully saturated rings. The van der Waals surface area contributed by atoms with Crippen LogP contribution >= 0.6 is 0 Å². The molecule has 2 nitrogen and oxygen atoms in total. The summed E-state index contributed by atoms with van der Waals surface area (Å²) in [4.78, 5) is 1.94. The maximum atomic E-state index is 9.09. The Hall–Kier alpha value is -0.660. The van der Waals surface area contributed by atoms with Gasteiger partial charge >= 0.3 is 0 Å². The SMILES string of the molecule is C[C]=C(O)N1CCCC1. The van der Waals surface area contributed by atoms with Gasteiger partial charge < -0.3 is 10.0 Å². The Morgan fingerprint density at radius 1 is 1.44 bits per heavy atom. The molecule has 0 bridgehead atoms. The fourth-order valence-corrected chi connectivity index (χ4v) is 1.09. The minimum atomic E-state index is 0.313. The number of hydrogen-bond donors (Lipinski definition) is 1. The van der Waals surface area contributed by atoms with E-state index in [1.54, 1.807) is 6.92 Å². The predicted octanol–water partition coefficient (Wildman–Crippen LogP) is 1.30. The lowest BCUT2D eigenvalue weighted by atomic mass is 10.4. The van der Waals surface area contributed by atoms with E-state index in [0.29, 0.717) is 5.88 Å². The van der Waals surface area contributed by atoms with E-state index >= 15 is 0 Å². The zero-order chi connectivity index (χ0) is 6.69. The summed E-state index contributed by atoms with van der Waals surface area (Å²) in [5.74, 6) is 0.313. The summed E-state index contributed by atoms with van der Waals surface area (Å²) in [6, 6.07) is 0. The zero-order valence-corrected chi connectivity index (χ0v) is 5.72. The molecule has 0 aromatic rings. The normalized spacial score (nSPS) is 21.0. The first kappa shape index (κ1) is 6.46. The Labute approximate surface area is 55.8 Å². The van der Waals surface area contributed by atoms with Crippen molar-refractivity contribution in [3.05, 3.63) is 12.0 Å². The summed E-state index contributed by atoms with van der Waals surface area (Å²) in [6.07, 6.45) is 5.11. The topological polar surface area (TPSA) is 23.5 Å². The summed E-state index contributed by atoms with van der Waals surface area (Å²) >= 11 is 0. The van der Waals surface area contributed by atoms with E-state index < -0.39 is 0 Å². The molecule has 0 spiro atoms. The Morgan fingerprint density at radius 2 is 2.00 bits per heavy atom. The van der Waals surface area contributed by atoms with Crippen LogP contribution in [0.3, 0.4) is 0 Å². The molecule has 0 atom stereocenters. The van der Waals surface area contributed by atoms with Crippen LogP contribution in [0.25, 0.3) is 0 Å². The highest BCUT2D eigenvalue weighted by Gasteiger charge is 2.12. The molecule has 1 radical (unpaired) electrons. The van der Waals surface area contributed by atoms with E-state index in [9.17, 15) is 0 Å². The second-order valence-corrected chi connectivity index (χ2v) is 2.27. The lowest BCUT2D eigenvalue weighted by molar-refractivity contribution is 0.229. The summed E-state index contributed by atoms with van der Waals surface area (Å²) in [6.45, 7) is 3.72. The van der Waals surface area contributed by atoms with E-state index in [1.165, 1.54) is 12.8 Å².